The van der Waals surface area contributed by atoms with Crippen LogP contribution in [0.2, 0.25) is 0 Å². The van der Waals surface area contributed by atoms with Gasteiger partial charge in [-0.05, 0) is 12.8 Å². The molecule has 0 unspecified atom stereocenters. The topological polar surface area (TPSA) is 112 Å². The Hall–Kier alpha value is -1.22. The smallest absolute Gasteiger partial charge is 0.321 e. The summed E-state index contributed by atoms with van der Waals surface area (Å²) in [5.41, 5.74) is -1.90. The molecule has 0 bridgehead atoms. The van der Waals surface area contributed by atoms with Gasteiger partial charge in [0.1, 0.15) is 0 Å². The molecule has 0 aliphatic carbocycles. The molecule has 0 aliphatic heterocycles. The number of rotatable bonds is 14. The van der Waals surface area contributed by atoms with E-state index in [-0.39, 0.29) is 39.3 Å². The van der Waals surface area contributed by atoms with Gasteiger partial charge in [-0.15, -0.1) is 0 Å². The van der Waals surface area contributed by atoms with Crippen molar-refractivity contribution in [2.45, 2.75) is 12.8 Å². The van der Waals surface area contributed by atoms with Crippen LogP contribution in [-0.4, -0.2) is 76.0 Å². The monoisotopic (exact) mass is 308 g/mol. The van der Waals surface area contributed by atoms with Crippen molar-refractivity contribution < 1.29 is 38.7 Å². The Labute approximate surface area is 123 Å². The second-order valence-electron chi connectivity index (χ2n) is 4.40. The number of carbonyl (C=O) groups is 2. The molecular weight excluding hydrogens is 284 g/mol. The Bertz CT molecular complexity index is 275. The average Bonchev–Trinajstić information content (AvgIpc) is 2.44. The molecule has 124 valence electrons. The lowest BCUT2D eigenvalue weighted by Gasteiger charge is -2.24. The van der Waals surface area contributed by atoms with Crippen molar-refractivity contribution in [1.29, 1.82) is 0 Å². The highest BCUT2D eigenvalue weighted by molar-refractivity contribution is 5.98. The van der Waals surface area contributed by atoms with E-state index in [1.807, 2.05) is 0 Å². The van der Waals surface area contributed by atoms with Gasteiger partial charge < -0.3 is 29.2 Å². The molecule has 0 aromatic carbocycles. The molecule has 0 saturated carbocycles. The lowest BCUT2D eigenvalue weighted by atomic mass is 9.81. The van der Waals surface area contributed by atoms with Gasteiger partial charge in [-0.25, -0.2) is 0 Å². The fourth-order valence-corrected chi connectivity index (χ4v) is 1.63. The minimum atomic E-state index is -1.90. The van der Waals surface area contributed by atoms with E-state index in [0.717, 1.165) is 0 Å². The molecule has 21 heavy (non-hydrogen) atoms. The first-order valence-electron chi connectivity index (χ1n) is 6.61. The highest BCUT2D eigenvalue weighted by atomic mass is 16.5. The zero-order valence-electron chi connectivity index (χ0n) is 12.5. The molecule has 0 heterocycles. The summed E-state index contributed by atoms with van der Waals surface area (Å²) >= 11 is 0. The van der Waals surface area contributed by atoms with Gasteiger partial charge >= 0.3 is 11.9 Å². The standard InChI is InChI=1S/C13H24O8/c1-18-7-9-20-5-3-13(11(14)15,12(16)17)4-6-21-10-8-19-2/h3-10H2,1-2H3,(H,14,15)(H,16,17). The van der Waals surface area contributed by atoms with Crippen molar-refractivity contribution in [2.75, 3.05) is 53.9 Å². The maximum atomic E-state index is 11.4. The van der Waals surface area contributed by atoms with Gasteiger partial charge in [0.2, 0.25) is 0 Å². The van der Waals surface area contributed by atoms with Crippen LogP contribution in [0.25, 0.3) is 0 Å². The fraction of sp³-hybridized carbons (Fsp3) is 0.846. The van der Waals surface area contributed by atoms with Crippen molar-refractivity contribution in [3.63, 3.8) is 0 Å². The van der Waals surface area contributed by atoms with Gasteiger partial charge in [-0.3, -0.25) is 9.59 Å². The molecule has 0 aliphatic rings. The van der Waals surface area contributed by atoms with Crippen LogP contribution in [0.5, 0.6) is 0 Å². The Morgan fingerprint density at radius 3 is 1.43 bits per heavy atom. The Balaban J connectivity index is 4.40. The summed E-state index contributed by atoms with van der Waals surface area (Å²) in [4.78, 5) is 22.7. The van der Waals surface area contributed by atoms with E-state index < -0.39 is 17.4 Å². The number of carboxylic acid groups (broad SMARTS) is 2. The average molecular weight is 308 g/mol. The van der Waals surface area contributed by atoms with E-state index in [1.165, 1.54) is 14.2 Å². The molecule has 0 saturated heterocycles. The summed E-state index contributed by atoms with van der Waals surface area (Å²) in [6.45, 7) is 1.37. The summed E-state index contributed by atoms with van der Waals surface area (Å²) in [6.07, 6.45) is -0.260. The van der Waals surface area contributed by atoms with Crippen molar-refractivity contribution in [3.05, 3.63) is 0 Å². The van der Waals surface area contributed by atoms with Crippen LogP contribution in [0, 0.1) is 5.41 Å². The molecule has 0 aromatic heterocycles. The first-order chi connectivity index (χ1) is 10.0. The number of aliphatic carboxylic acids is 2. The van der Waals surface area contributed by atoms with E-state index in [2.05, 4.69) is 0 Å². The normalized spacial score (nSPS) is 11.5. The molecule has 0 radical (unpaired) electrons. The third-order valence-electron chi connectivity index (χ3n) is 3.03. The first kappa shape index (κ1) is 19.8. The summed E-state index contributed by atoms with van der Waals surface area (Å²) in [5.74, 6) is -2.78. The van der Waals surface area contributed by atoms with Crippen LogP contribution in [-0.2, 0) is 28.5 Å². The first-order valence-corrected chi connectivity index (χ1v) is 6.61. The minimum absolute atomic E-state index is 0.0278. The predicted octanol–water partition coefficient (Wildman–Crippen LogP) is 0.248. The summed E-state index contributed by atoms with van der Waals surface area (Å²) in [6, 6.07) is 0. The summed E-state index contributed by atoms with van der Waals surface area (Å²) in [5, 5.41) is 18.5. The summed E-state index contributed by atoms with van der Waals surface area (Å²) in [7, 11) is 3.03. The molecular formula is C13H24O8. The van der Waals surface area contributed by atoms with Crippen molar-refractivity contribution in [3.8, 4) is 0 Å². The zero-order valence-corrected chi connectivity index (χ0v) is 12.5. The van der Waals surface area contributed by atoms with E-state index in [0.29, 0.717) is 13.2 Å². The highest BCUT2D eigenvalue weighted by Crippen LogP contribution is 2.28. The van der Waals surface area contributed by atoms with E-state index in [1.54, 1.807) is 0 Å². The maximum absolute atomic E-state index is 11.4. The Morgan fingerprint density at radius 1 is 0.762 bits per heavy atom. The van der Waals surface area contributed by atoms with Gasteiger partial charge in [-0.1, -0.05) is 0 Å². The van der Waals surface area contributed by atoms with Crippen molar-refractivity contribution in [2.24, 2.45) is 5.41 Å². The minimum Gasteiger partial charge on any atom is -0.480 e. The van der Waals surface area contributed by atoms with Crippen LogP contribution in [0.4, 0.5) is 0 Å². The van der Waals surface area contributed by atoms with Gasteiger partial charge in [0.05, 0.1) is 26.4 Å². The fourth-order valence-electron chi connectivity index (χ4n) is 1.63. The molecule has 0 fully saturated rings. The number of hydrogen-bond donors (Lipinski definition) is 2. The molecule has 8 heteroatoms. The Morgan fingerprint density at radius 2 is 1.14 bits per heavy atom. The lowest BCUT2D eigenvalue weighted by Crippen LogP contribution is -2.41. The maximum Gasteiger partial charge on any atom is 0.321 e. The van der Waals surface area contributed by atoms with Gasteiger partial charge in [0, 0.05) is 27.4 Å². The van der Waals surface area contributed by atoms with Crippen molar-refractivity contribution in [1.82, 2.24) is 0 Å². The molecule has 0 spiro atoms. The quantitative estimate of drug-likeness (QED) is 0.347. The number of carboxylic acids is 2. The second-order valence-corrected chi connectivity index (χ2v) is 4.40. The van der Waals surface area contributed by atoms with Crippen LogP contribution in [0.15, 0.2) is 0 Å². The van der Waals surface area contributed by atoms with Crippen molar-refractivity contribution >= 4 is 11.9 Å². The van der Waals surface area contributed by atoms with E-state index >= 15 is 0 Å². The van der Waals surface area contributed by atoms with Gasteiger partial charge in [0.15, 0.2) is 5.41 Å². The predicted molar refractivity (Wildman–Crippen MR) is 72.3 cm³/mol. The molecule has 0 aromatic rings. The number of hydrogen-bond acceptors (Lipinski definition) is 6. The van der Waals surface area contributed by atoms with Crippen LogP contribution < -0.4 is 0 Å². The SMILES string of the molecule is COCCOCCC(CCOCCOC)(C(=O)O)C(=O)O. The largest absolute Gasteiger partial charge is 0.480 e. The number of ether oxygens (including phenoxy) is 4. The third-order valence-corrected chi connectivity index (χ3v) is 3.03. The lowest BCUT2D eigenvalue weighted by molar-refractivity contribution is -0.168. The number of methoxy groups -OCH3 is 2. The Kier molecular flexibility index (Phi) is 10.8. The molecule has 8 nitrogen and oxygen atoms in total. The molecule has 0 amide bonds. The van der Waals surface area contributed by atoms with Crippen LogP contribution >= 0.6 is 0 Å². The van der Waals surface area contributed by atoms with Crippen LogP contribution in [0.1, 0.15) is 12.8 Å². The molecule has 0 rings (SSSR count). The molecule has 2 N–H and O–H groups in total. The van der Waals surface area contributed by atoms with Crippen LogP contribution in [0.3, 0.4) is 0 Å². The summed E-state index contributed by atoms with van der Waals surface area (Å²) < 4.78 is 19.9. The van der Waals surface area contributed by atoms with Gasteiger partial charge in [0.25, 0.3) is 0 Å². The zero-order chi connectivity index (χ0) is 16.1. The third kappa shape index (κ3) is 7.37. The van der Waals surface area contributed by atoms with Gasteiger partial charge in [-0.2, -0.15) is 0 Å². The van der Waals surface area contributed by atoms with E-state index in [9.17, 15) is 19.8 Å². The molecule has 0 atom stereocenters. The highest BCUT2D eigenvalue weighted by Gasteiger charge is 2.45. The second kappa shape index (κ2) is 11.4. The van der Waals surface area contributed by atoms with E-state index in [4.69, 9.17) is 18.9 Å².